The first-order valence-electron chi connectivity index (χ1n) is 12.4. The van der Waals surface area contributed by atoms with Crippen molar-refractivity contribution < 1.29 is 13.2 Å². The second-order valence-electron chi connectivity index (χ2n) is 9.72. The molecule has 2 amide bonds. The summed E-state index contributed by atoms with van der Waals surface area (Å²) in [4.78, 5) is 19.8. The third-order valence-corrected chi connectivity index (χ3v) is 8.65. The number of nitrogens with two attached hydrogens (primary N) is 1. The van der Waals surface area contributed by atoms with Gasteiger partial charge in [-0.2, -0.15) is 0 Å². The molecule has 0 bridgehead atoms. The van der Waals surface area contributed by atoms with Gasteiger partial charge in [-0.1, -0.05) is 49.6 Å². The molecule has 4 rings (SSSR count). The van der Waals surface area contributed by atoms with Crippen LogP contribution in [-0.2, 0) is 10.0 Å². The number of hydrogen-bond donors (Lipinski definition) is 3. The SMILES string of the molecule is CN(C(=O)N(CC1CCN(C(=N)N)CC1)NS(=O)(=O)c1ccc2ccccc2c1)C1CCCCC1. The molecule has 10 heteroatoms. The highest BCUT2D eigenvalue weighted by molar-refractivity contribution is 7.89. The monoisotopic (exact) mass is 500 g/mol. The zero-order valence-corrected chi connectivity index (χ0v) is 21.1. The average Bonchev–Trinajstić information content (AvgIpc) is 2.87. The third-order valence-electron chi connectivity index (χ3n) is 7.31. The number of piperidine rings is 1. The van der Waals surface area contributed by atoms with Gasteiger partial charge < -0.3 is 15.5 Å². The maximum atomic E-state index is 13.6. The van der Waals surface area contributed by atoms with E-state index in [1.54, 1.807) is 35.0 Å². The number of nitrogens with one attached hydrogen (secondary N) is 2. The molecule has 1 saturated carbocycles. The molecule has 2 aromatic rings. The maximum Gasteiger partial charge on any atom is 0.335 e. The van der Waals surface area contributed by atoms with Crippen LogP contribution in [0.1, 0.15) is 44.9 Å². The van der Waals surface area contributed by atoms with Crippen molar-refractivity contribution in [1.29, 1.82) is 5.41 Å². The van der Waals surface area contributed by atoms with Crippen LogP contribution in [0.5, 0.6) is 0 Å². The Balaban J connectivity index is 1.54. The quantitative estimate of drug-likeness (QED) is 0.319. The van der Waals surface area contributed by atoms with Gasteiger partial charge in [0, 0.05) is 32.7 Å². The molecular formula is C25H36N6O3S. The molecule has 2 fully saturated rings. The predicted molar refractivity (Wildman–Crippen MR) is 137 cm³/mol. The van der Waals surface area contributed by atoms with E-state index in [4.69, 9.17) is 11.1 Å². The van der Waals surface area contributed by atoms with Gasteiger partial charge in [0.25, 0.3) is 10.0 Å². The fourth-order valence-corrected chi connectivity index (χ4v) is 6.19. The van der Waals surface area contributed by atoms with E-state index < -0.39 is 10.0 Å². The van der Waals surface area contributed by atoms with E-state index in [0.717, 1.165) is 49.3 Å². The summed E-state index contributed by atoms with van der Waals surface area (Å²) in [5, 5.41) is 10.7. The minimum Gasteiger partial charge on any atom is -0.370 e. The summed E-state index contributed by atoms with van der Waals surface area (Å²) in [7, 11) is -2.20. The van der Waals surface area contributed by atoms with E-state index >= 15 is 0 Å². The first-order chi connectivity index (χ1) is 16.7. The Morgan fingerprint density at radius 2 is 1.71 bits per heavy atom. The zero-order chi connectivity index (χ0) is 25.0. The molecule has 2 aromatic carbocycles. The number of likely N-dealkylation sites (tertiary alicyclic amines) is 1. The summed E-state index contributed by atoms with van der Waals surface area (Å²) in [6.45, 7) is 1.52. The maximum absolute atomic E-state index is 13.6. The fourth-order valence-electron chi connectivity index (χ4n) is 5.12. The molecule has 0 radical (unpaired) electrons. The van der Waals surface area contributed by atoms with Crippen LogP contribution >= 0.6 is 0 Å². The van der Waals surface area contributed by atoms with Crippen LogP contribution in [0.3, 0.4) is 0 Å². The molecule has 190 valence electrons. The van der Waals surface area contributed by atoms with Gasteiger partial charge in [0.15, 0.2) is 5.96 Å². The molecule has 1 saturated heterocycles. The average molecular weight is 501 g/mol. The zero-order valence-electron chi connectivity index (χ0n) is 20.3. The second kappa shape index (κ2) is 10.8. The lowest BCUT2D eigenvalue weighted by molar-refractivity contribution is 0.111. The van der Waals surface area contributed by atoms with Crippen molar-refractivity contribution in [1.82, 2.24) is 19.6 Å². The summed E-state index contributed by atoms with van der Waals surface area (Å²) in [6, 6.07) is 12.4. The molecule has 1 aliphatic carbocycles. The van der Waals surface area contributed by atoms with Gasteiger partial charge in [0.2, 0.25) is 0 Å². The number of hydrogen-bond acceptors (Lipinski definition) is 4. The Morgan fingerprint density at radius 1 is 1.06 bits per heavy atom. The summed E-state index contributed by atoms with van der Waals surface area (Å²) in [6.07, 6.45) is 6.66. The topological polar surface area (TPSA) is 123 Å². The summed E-state index contributed by atoms with van der Waals surface area (Å²) in [5.74, 6) is 0.152. The van der Waals surface area contributed by atoms with E-state index in [1.165, 1.54) is 11.4 Å². The van der Waals surface area contributed by atoms with Crippen LogP contribution in [0.4, 0.5) is 4.79 Å². The number of benzene rings is 2. The van der Waals surface area contributed by atoms with Gasteiger partial charge in [-0.05, 0) is 54.5 Å². The Labute approximate surface area is 207 Å². The lowest BCUT2D eigenvalue weighted by Crippen LogP contribution is -2.55. The number of urea groups is 1. The van der Waals surface area contributed by atoms with Crippen molar-refractivity contribution in [3.63, 3.8) is 0 Å². The molecule has 1 aliphatic heterocycles. The van der Waals surface area contributed by atoms with Crippen molar-refractivity contribution in [2.45, 2.75) is 55.9 Å². The number of carbonyl (C=O) groups excluding carboxylic acids is 1. The Kier molecular flexibility index (Phi) is 7.81. The van der Waals surface area contributed by atoms with Crippen LogP contribution in [0.15, 0.2) is 47.4 Å². The first-order valence-corrected chi connectivity index (χ1v) is 13.9. The molecule has 0 aromatic heterocycles. The minimum absolute atomic E-state index is 0.0467. The standard InChI is InChI=1S/C25H36N6O3S/c1-29(22-9-3-2-4-10-22)25(32)31(18-19-13-15-30(16-14-19)24(26)27)28-35(33,34)23-12-11-20-7-5-6-8-21(20)17-23/h5-8,11-12,17,19,22,28H,2-4,9-10,13-16,18H2,1H3,(H3,26,27). The normalized spacial score (nSPS) is 17.9. The van der Waals surface area contributed by atoms with Crippen molar-refractivity contribution in [3.05, 3.63) is 42.5 Å². The molecule has 9 nitrogen and oxygen atoms in total. The van der Waals surface area contributed by atoms with E-state index in [2.05, 4.69) is 4.83 Å². The molecule has 1 heterocycles. The van der Waals surface area contributed by atoms with Gasteiger partial charge in [-0.25, -0.2) is 18.2 Å². The van der Waals surface area contributed by atoms with Gasteiger partial charge in [-0.15, -0.1) is 4.83 Å². The fraction of sp³-hybridized carbons (Fsp3) is 0.520. The van der Waals surface area contributed by atoms with E-state index in [9.17, 15) is 13.2 Å². The van der Waals surface area contributed by atoms with Gasteiger partial charge in [0.1, 0.15) is 0 Å². The lowest BCUT2D eigenvalue weighted by atomic mass is 9.94. The second-order valence-corrected chi connectivity index (χ2v) is 11.4. The lowest BCUT2D eigenvalue weighted by Gasteiger charge is -2.38. The van der Waals surface area contributed by atoms with Crippen LogP contribution in [0.25, 0.3) is 10.8 Å². The number of carbonyl (C=O) groups is 1. The summed E-state index contributed by atoms with van der Waals surface area (Å²) >= 11 is 0. The molecule has 0 atom stereocenters. The molecule has 2 aliphatic rings. The Bertz CT molecular complexity index is 1160. The van der Waals surface area contributed by atoms with Gasteiger partial charge >= 0.3 is 6.03 Å². The molecule has 4 N–H and O–H groups in total. The molecular weight excluding hydrogens is 464 g/mol. The van der Waals surface area contributed by atoms with Crippen LogP contribution in [0.2, 0.25) is 0 Å². The van der Waals surface area contributed by atoms with Gasteiger partial charge in [-0.3, -0.25) is 5.41 Å². The highest BCUT2D eigenvalue weighted by Gasteiger charge is 2.32. The van der Waals surface area contributed by atoms with Crippen LogP contribution < -0.4 is 10.6 Å². The number of guanidine groups is 1. The summed E-state index contributed by atoms with van der Waals surface area (Å²) < 4.78 is 26.8. The van der Waals surface area contributed by atoms with E-state index in [0.29, 0.717) is 13.1 Å². The first kappa shape index (κ1) is 25.2. The van der Waals surface area contributed by atoms with Crippen molar-refractivity contribution in [2.24, 2.45) is 11.7 Å². The largest absolute Gasteiger partial charge is 0.370 e. The molecule has 0 unspecified atom stereocenters. The van der Waals surface area contributed by atoms with Gasteiger partial charge in [0.05, 0.1) is 4.90 Å². The Hall–Kier alpha value is -2.85. The highest BCUT2D eigenvalue weighted by atomic mass is 32.2. The molecule has 0 spiro atoms. The van der Waals surface area contributed by atoms with Crippen molar-refractivity contribution in [2.75, 3.05) is 26.7 Å². The van der Waals surface area contributed by atoms with E-state index in [1.807, 2.05) is 24.3 Å². The third kappa shape index (κ3) is 6.05. The van der Waals surface area contributed by atoms with E-state index in [-0.39, 0.29) is 35.4 Å². The number of amides is 2. The van der Waals surface area contributed by atoms with Crippen LogP contribution in [-0.4, -0.2) is 67.9 Å². The van der Waals surface area contributed by atoms with Crippen LogP contribution in [0, 0.1) is 11.3 Å². The number of nitrogens with zero attached hydrogens (tertiary/aromatic N) is 3. The number of rotatable bonds is 6. The smallest absolute Gasteiger partial charge is 0.335 e. The molecule has 35 heavy (non-hydrogen) atoms. The Morgan fingerprint density at radius 3 is 2.37 bits per heavy atom. The highest BCUT2D eigenvalue weighted by Crippen LogP contribution is 2.25. The minimum atomic E-state index is -3.97. The number of fused-ring (bicyclic) bond motifs is 1. The number of sulfonamides is 1. The van der Waals surface area contributed by atoms with Crippen molar-refractivity contribution in [3.8, 4) is 0 Å². The number of hydrazine groups is 1. The van der Waals surface area contributed by atoms with Crippen molar-refractivity contribution >= 4 is 32.8 Å². The summed E-state index contributed by atoms with van der Waals surface area (Å²) in [5.41, 5.74) is 5.62. The predicted octanol–water partition coefficient (Wildman–Crippen LogP) is 3.33.